The van der Waals surface area contributed by atoms with E-state index in [-0.39, 0.29) is 5.97 Å². The Kier molecular flexibility index (Phi) is 3.79. The van der Waals surface area contributed by atoms with Crippen molar-refractivity contribution in [2.45, 2.75) is 18.9 Å². The van der Waals surface area contributed by atoms with Gasteiger partial charge in [-0.15, -0.1) is 0 Å². The first-order valence-electron chi connectivity index (χ1n) is 9.26. The number of anilines is 1. The summed E-state index contributed by atoms with van der Waals surface area (Å²) in [5.41, 5.74) is 3.35. The SMILES string of the molecule is COC(=O)c1ccc2nc(-c3cc4ccccc4o3)c(N(C)C3CC3)nc2c1. The number of benzene rings is 2. The lowest BCUT2D eigenvalue weighted by Crippen LogP contribution is -2.22. The monoisotopic (exact) mass is 373 g/mol. The van der Waals surface area contributed by atoms with Gasteiger partial charge in [-0.05, 0) is 43.2 Å². The average Bonchev–Trinajstić information content (AvgIpc) is 3.49. The van der Waals surface area contributed by atoms with Crippen molar-refractivity contribution < 1.29 is 13.9 Å². The molecule has 0 bridgehead atoms. The molecule has 1 aliphatic rings. The lowest BCUT2D eigenvalue weighted by atomic mass is 10.1. The molecule has 0 N–H and O–H groups in total. The van der Waals surface area contributed by atoms with E-state index in [2.05, 4.69) is 4.90 Å². The van der Waals surface area contributed by atoms with Gasteiger partial charge in [0, 0.05) is 18.5 Å². The van der Waals surface area contributed by atoms with Crippen LogP contribution in [0.2, 0.25) is 0 Å². The predicted molar refractivity (Wildman–Crippen MR) is 108 cm³/mol. The number of fused-ring (bicyclic) bond motifs is 2. The minimum Gasteiger partial charge on any atom is -0.465 e. The topological polar surface area (TPSA) is 68.5 Å². The highest BCUT2D eigenvalue weighted by atomic mass is 16.5. The third-order valence-electron chi connectivity index (χ3n) is 5.15. The third-order valence-corrected chi connectivity index (χ3v) is 5.15. The fourth-order valence-electron chi connectivity index (χ4n) is 3.43. The van der Waals surface area contributed by atoms with Crippen LogP contribution in [-0.4, -0.2) is 36.1 Å². The van der Waals surface area contributed by atoms with E-state index < -0.39 is 0 Å². The van der Waals surface area contributed by atoms with Crippen LogP contribution < -0.4 is 4.90 Å². The van der Waals surface area contributed by atoms with Crippen LogP contribution in [0.25, 0.3) is 33.5 Å². The summed E-state index contributed by atoms with van der Waals surface area (Å²) < 4.78 is 10.9. The molecule has 0 aliphatic heterocycles. The van der Waals surface area contributed by atoms with Gasteiger partial charge in [0.25, 0.3) is 0 Å². The molecule has 2 heterocycles. The highest BCUT2D eigenvalue weighted by molar-refractivity contribution is 5.94. The molecule has 0 radical (unpaired) electrons. The molecule has 28 heavy (non-hydrogen) atoms. The van der Waals surface area contributed by atoms with E-state index in [4.69, 9.17) is 19.1 Å². The standard InChI is InChI=1S/C22H19N3O3/c1-25(15-8-9-15)21-20(19-12-13-5-3-4-6-18(13)28-19)23-16-10-7-14(22(26)27-2)11-17(16)24-21/h3-7,10-12,15H,8-9H2,1-2H3. The fourth-order valence-corrected chi connectivity index (χ4v) is 3.43. The van der Waals surface area contributed by atoms with Crippen LogP contribution in [0.15, 0.2) is 52.9 Å². The smallest absolute Gasteiger partial charge is 0.337 e. The second-order valence-corrected chi connectivity index (χ2v) is 7.08. The number of carbonyl (C=O) groups is 1. The molecule has 0 atom stereocenters. The molecule has 4 aromatic rings. The van der Waals surface area contributed by atoms with Gasteiger partial charge < -0.3 is 14.1 Å². The van der Waals surface area contributed by atoms with Crippen LogP contribution in [0.1, 0.15) is 23.2 Å². The zero-order valence-electron chi connectivity index (χ0n) is 15.7. The van der Waals surface area contributed by atoms with Gasteiger partial charge in [0.05, 0.1) is 23.7 Å². The van der Waals surface area contributed by atoms with Crippen LogP contribution in [0.4, 0.5) is 5.82 Å². The van der Waals surface area contributed by atoms with Gasteiger partial charge in [-0.1, -0.05) is 18.2 Å². The summed E-state index contributed by atoms with van der Waals surface area (Å²) in [4.78, 5) is 23.7. The predicted octanol–water partition coefficient (Wildman–Crippen LogP) is 4.43. The minimum atomic E-state index is -0.387. The van der Waals surface area contributed by atoms with Crippen LogP contribution in [0, 0.1) is 0 Å². The number of para-hydroxylation sites is 1. The van der Waals surface area contributed by atoms with Crippen molar-refractivity contribution in [1.29, 1.82) is 0 Å². The Morgan fingerprint density at radius 3 is 2.68 bits per heavy atom. The van der Waals surface area contributed by atoms with Gasteiger partial charge >= 0.3 is 5.97 Å². The van der Waals surface area contributed by atoms with Gasteiger partial charge in [0.1, 0.15) is 11.3 Å². The maximum Gasteiger partial charge on any atom is 0.337 e. The molecule has 6 nitrogen and oxygen atoms in total. The summed E-state index contributed by atoms with van der Waals surface area (Å²) in [5.74, 6) is 1.06. The second-order valence-electron chi connectivity index (χ2n) is 7.08. The molecule has 0 unspecified atom stereocenters. The highest BCUT2D eigenvalue weighted by Gasteiger charge is 2.30. The van der Waals surface area contributed by atoms with E-state index in [1.54, 1.807) is 18.2 Å². The number of rotatable bonds is 4. The molecule has 0 amide bonds. The summed E-state index contributed by atoms with van der Waals surface area (Å²) in [5, 5.41) is 1.03. The van der Waals surface area contributed by atoms with E-state index in [9.17, 15) is 4.79 Å². The molecule has 5 rings (SSSR count). The Hall–Kier alpha value is -3.41. The normalized spacial score (nSPS) is 13.8. The maximum atomic E-state index is 11.9. The number of aromatic nitrogens is 2. The molecular formula is C22H19N3O3. The number of hydrogen-bond acceptors (Lipinski definition) is 6. The van der Waals surface area contributed by atoms with Crippen LogP contribution in [0.5, 0.6) is 0 Å². The van der Waals surface area contributed by atoms with Crippen molar-refractivity contribution in [2.75, 3.05) is 19.1 Å². The van der Waals surface area contributed by atoms with Crippen molar-refractivity contribution in [3.63, 3.8) is 0 Å². The van der Waals surface area contributed by atoms with Crippen molar-refractivity contribution in [2.24, 2.45) is 0 Å². The first-order chi connectivity index (χ1) is 13.6. The van der Waals surface area contributed by atoms with E-state index in [0.717, 1.165) is 29.6 Å². The Morgan fingerprint density at radius 1 is 1.11 bits per heavy atom. The van der Waals surface area contributed by atoms with Gasteiger partial charge in [-0.2, -0.15) is 0 Å². The molecule has 1 fully saturated rings. The molecule has 2 aromatic heterocycles. The van der Waals surface area contributed by atoms with E-state index in [0.29, 0.717) is 34.1 Å². The molecule has 140 valence electrons. The van der Waals surface area contributed by atoms with Crippen molar-refractivity contribution in [3.05, 3.63) is 54.1 Å². The third kappa shape index (κ3) is 2.78. The Morgan fingerprint density at radius 2 is 1.93 bits per heavy atom. The molecule has 1 aliphatic carbocycles. The zero-order chi connectivity index (χ0) is 19.3. The molecular weight excluding hydrogens is 354 g/mol. The number of hydrogen-bond donors (Lipinski definition) is 0. The summed E-state index contributed by atoms with van der Waals surface area (Å²) in [6.45, 7) is 0. The Balaban J connectivity index is 1.71. The minimum absolute atomic E-state index is 0.387. The van der Waals surface area contributed by atoms with Crippen molar-refractivity contribution in [3.8, 4) is 11.5 Å². The molecule has 0 spiro atoms. The van der Waals surface area contributed by atoms with Gasteiger partial charge in [0.2, 0.25) is 0 Å². The Labute approximate surface area is 161 Å². The van der Waals surface area contributed by atoms with Crippen molar-refractivity contribution >= 4 is 33.8 Å². The summed E-state index contributed by atoms with van der Waals surface area (Å²) in [6.07, 6.45) is 2.27. The van der Waals surface area contributed by atoms with Crippen LogP contribution >= 0.6 is 0 Å². The van der Waals surface area contributed by atoms with Crippen LogP contribution in [-0.2, 0) is 4.74 Å². The number of nitrogens with zero attached hydrogens (tertiary/aromatic N) is 3. The number of esters is 1. The number of methoxy groups -OCH3 is 1. The lowest BCUT2D eigenvalue weighted by molar-refractivity contribution is 0.0601. The lowest BCUT2D eigenvalue weighted by Gasteiger charge is -2.20. The molecule has 2 aromatic carbocycles. The number of furan rings is 1. The summed E-state index contributed by atoms with van der Waals surface area (Å²) in [6, 6.07) is 15.6. The molecule has 1 saturated carbocycles. The number of ether oxygens (including phenoxy) is 1. The van der Waals surface area contributed by atoms with Crippen LogP contribution in [0.3, 0.4) is 0 Å². The fraction of sp³-hybridized carbons (Fsp3) is 0.227. The summed E-state index contributed by atoms with van der Waals surface area (Å²) in [7, 11) is 3.40. The van der Waals surface area contributed by atoms with Gasteiger partial charge in [0.15, 0.2) is 11.6 Å². The second kappa shape index (κ2) is 6.34. The maximum absolute atomic E-state index is 11.9. The average molecular weight is 373 g/mol. The Bertz CT molecular complexity index is 1180. The first-order valence-corrected chi connectivity index (χ1v) is 9.26. The van der Waals surface area contributed by atoms with E-state index >= 15 is 0 Å². The van der Waals surface area contributed by atoms with Gasteiger partial charge in [-0.25, -0.2) is 14.8 Å². The number of carbonyl (C=O) groups excluding carboxylic acids is 1. The zero-order valence-corrected chi connectivity index (χ0v) is 15.7. The quantitative estimate of drug-likeness (QED) is 0.493. The first kappa shape index (κ1) is 16.7. The highest BCUT2D eigenvalue weighted by Crippen LogP contribution is 2.37. The van der Waals surface area contributed by atoms with Crippen molar-refractivity contribution in [1.82, 2.24) is 9.97 Å². The largest absolute Gasteiger partial charge is 0.465 e. The summed E-state index contributed by atoms with van der Waals surface area (Å²) >= 11 is 0. The molecule has 0 saturated heterocycles. The molecule has 6 heteroatoms. The van der Waals surface area contributed by atoms with E-state index in [1.807, 2.05) is 37.4 Å². The van der Waals surface area contributed by atoms with E-state index in [1.165, 1.54) is 7.11 Å². The van der Waals surface area contributed by atoms with Gasteiger partial charge in [-0.3, -0.25) is 0 Å².